The molecule has 0 aliphatic carbocycles. The molecule has 0 bridgehead atoms. The van der Waals surface area contributed by atoms with Crippen molar-refractivity contribution in [1.29, 1.82) is 0 Å². The third kappa shape index (κ3) is 3.16. The molecule has 2 nitrogen and oxygen atoms in total. The standard InChI is InChI=1S/C16H15BrClFO2/c1-9-4-6-12(19)11(8-9)15(18)10-5-7-13(20-2)14(17)16(10)21-3/h4-8,15H,1-3H3. The first kappa shape index (κ1) is 16.1. The maximum atomic E-state index is 14.0. The monoisotopic (exact) mass is 372 g/mol. The number of rotatable bonds is 4. The molecule has 1 atom stereocenters. The predicted molar refractivity (Wildman–Crippen MR) is 86.1 cm³/mol. The van der Waals surface area contributed by atoms with Crippen LogP contribution in [-0.2, 0) is 0 Å². The smallest absolute Gasteiger partial charge is 0.141 e. The molecular weight excluding hydrogens is 359 g/mol. The molecule has 5 heteroatoms. The van der Waals surface area contributed by atoms with Crippen LogP contribution < -0.4 is 9.47 Å². The molecule has 0 radical (unpaired) electrons. The van der Waals surface area contributed by atoms with Gasteiger partial charge in [-0.3, -0.25) is 0 Å². The van der Waals surface area contributed by atoms with Gasteiger partial charge in [-0.05, 0) is 41.1 Å². The summed E-state index contributed by atoms with van der Waals surface area (Å²) in [5, 5.41) is -0.651. The van der Waals surface area contributed by atoms with E-state index in [1.165, 1.54) is 6.07 Å². The number of methoxy groups -OCH3 is 2. The Morgan fingerprint density at radius 2 is 1.81 bits per heavy atom. The Balaban J connectivity index is 2.55. The van der Waals surface area contributed by atoms with Gasteiger partial charge < -0.3 is 9.47 Å². The van der Waals surface area contributed by atoms with E-state index in [0.717, 1.165) is 5.56 Å². The normalized spacial score (nSPS) is 12.1. The highest BCUT2D eigenvalue weighted by molar-refractivity contribution is 9.10. The molecular formula is C16H15BrClFO2. The Morgan fingerprint density at radius 3 is 2.43 bits per heavy atom. The number of benzene rings is 2. The first-order valence-corrected chi connectivity index (χ1v) is 7.53. The van der Waals surface area contributed by atoms with E-state index in [9.17, 15) is 4.39 Å². The number of alkyl halides is 1. The first-order valence-electron chi connectivity index (χ1n) is 6.30. The van der Waals surface area contributed by atoms with Crippen LogP contribution >= 0.6 is 27.5 Å². The summed E-state index contributed by atoms with van der Waals surface area (Å²) in [4.78, 5) is 0. The SMILES string of the molecule is COc1ccc(C(Cl)c2cc(C)ccc2F)c(OC)c1Br. The fourth-order valence-corrected chi connectivity index (χ4v) is 3.17. The summed E-state index contributed by atoms with van der Waals surface area (Å²) in [7, 11) is 3.11. The zero-order chi connectivity index (χ0) is 15.6. The minimum Gasteiger partial charge on any atom is -0.495 e. The molecule has 0 saturated heterocycles. The van der Waals surface area contributed by atoms with Gasteiger partial charge in [-0.1, -0.05) is 17.7 Å². The summed E-state index contributed by atoms with van der Waals surface area (Å²) in [5.41, 5.74) is 2.05. The number of hydrogen-bond donors (Lipinski definition) is 0. The summed E-state index contributed by atoms with van der Waals surface area (Å²) in [6.45, 7) is 1.90. The zero-order valence-electron chi connectivity index (χ0n) is 11.9. The molecule has 0 fully saturated rings. The highest BCUT2D eigenvalue weighted by Crippen LogP contribution is 2.43. The molecule has 0 spiro atoms. The van der Waals surface area contributed by atoms with E-state index in [2.05, 4.69) is 15.9 Å². The molecule has 2 aromatic carbocycles. The van der Waals surface area contributed by atoms with Gasteiger partial charge in [0.1, 0.15) is 21.8 Å². The van der Waals surface area contributed by atoms with Crippen LogP contribution in [0, 0.1) is 12.7 Å². The van der Waals surface area contributed by atoms with Gasteiger partial charge >= 0.3 is 0 Å². The van der Waals surface area contributed by atoms with Crippen molar-refractivity contribution in [2.24, 2.45) is 0 Å². The Bertz CT molecular complexity index is 661. The number of aryl methyl sites for hydroxylation is 1. The largest absolute Gasteiger partial charge is 0.495 e. The van der Waals surface area contributed by atoms with Crippen molar-refractivity contribution in [3.8, 4) is 11.5 Å². The van der Waals surface area contributed by atoms with Gasteiger partial charge in [0, 0.05) is 11.1 Å². The first-order chi connectivity index (χ1) is 9.99. The van der Waals surface area contributed by atoms with Gasteiger partial charge in [-0.25, -0.2) is 4.39 Å². The van der Waals surface area contributed by atoms with Gasteiger partial charge in [-0.2, -0.15) is 0 Å². The van der Waals surface area contributed by atoms with Gasteiger partial charge in [0.2, 0.25) is 0 Å². The Morgan fingerprint density at radius 1 is 1.10 bits per heavy atom. The Labute approximate surface area is 137 Å². The van der Waals surface area contributed by atoms with Gasteiger partial charge in [0.25, 0.3) is 0 Å². The fourth-order valence-electron chi connectivity index (χ4n) is 2.14. The van der Waals surface area contributed by atoms with E-state index in [-0.39, 0.29) is 5.82 Å². The lowest BCUT2D eigenvalue weighted by molar-refractivity contribution is 0.386. The maximum Gasteiger partial charge on any atom is 0.141 e. The average Bonchev–Trinajstić information content (AvgIpc) is 2.48. The quantitative estimate of drug-likeness (QED) is 0.682. The van der Waals surface area contributed by atoms with Crippen molar-refractivity contribution in [2.75, 3.05) is 14.2 Å². The molecule has 0 heterocycles. The van der Waals surface area contributed by atoms with Crippen molar-refractivity contribution < 1.29 is 13.9 Å². The maximum absolute atomic E-state index is 14.0. The number of halogens is 3. The molecule has 0 amide bonds. The topological polar surface area (TPSA) is 18.5 Å². The number of ether oxygens (including phenoxy) is 2. The Kier molecular flexibility index (Phi) is 5.12. The lowest BCUT2D eigenvalue weighted by Gasteiger charge is -2.18. The predicted octanol–water partition coefficient (Wildman–Crippen LogP) is 5.24. The van der Waals surface area contributed by atoms with Crippen LogP contribution in [0.1, 0.15) is 22.1 Å². The third-order valence-corrected chi connectivity index (χ3v) is 4.43. The van der Waals surface area contributed by atoms with E-state index in [1.807, 2.05) is 6.92 Å². The fraction of sp³-hybridized carbons (Fsp3) is 0.250. The molecule has 0 saturated carbocycles. The summed E-state index contributed by atoms with van der Waals surface area (Å²) in [6, 6.07) is 8.42. The lowest BCUT2D eigenvalue weighted by atomic mass is 10.0. The molecule has 0 aliphatic rings. The van der Waals surface area contributed by atoms with Crippen LogP contribution in [0.2, 0.25) is 0 Å². The summed E-state index contributed by atoms with van der Waals surface area (Å²) >= 11 is 9.90. The minimum atomic E-state index is -0.651. The molecule has 21 heavy (non-hydrogen) atoms. The van der Waals surface area contributed by atoms with Crippen LogP contribution in [0.5, 0.6) is 11.5 Å². The van der Waals surface area contributed by atoms with Gasteiger partial charge in [-0.15, -0.1) is 11.6 Å². The second-order valence-corrected chi connectivity index (χ2v) is 5.82. The minimum absolute atomic E-state index is 0.338. The zero-order valence-corrected chi connectivity index (χ0v) is 14.3. The summed E-state index contributed by atoms with van der Waals surface area (Å²) < 4.78 is 25.3. The highest BCUT2D eigenvalue weighted by Gasteiger charge is 2.22. The molecule has 0 N–H and O–H groups in total. The van der Waals surface area contributed by atoms with E-state index in [0.29, 0.717) is 27.1 Å². The molecule has 2 aromatic rings. The van der Waals surface area contributed by atoms with Crippen molar-refractivity contribution in [3.63, 3.8) is 0 Å². The van der Waals surface area contributed by atoms with Crippen molar-refractivity contribution >= 4 is 27.5 Å². The van der Waals surface area contributed by atoms with E-state index < -0.39 is 5.38 Å². The summed E-state index contributed by atoms with van der Waals surface area (Å²) in [6.07, 6.45) is 0. The van der Waals surface area contributed by atoms with Gasteiger partial charge in [0.15, 0.2) is 0 Å². The van der Waals surface area contributed by atoms with E-state index >= 15 is 0 Å². The van der Waals surface area contributed by atoms with Crippen molar-refractivity contribution in [2.45, 2.75) is 12.3 Å². The van der Waals surface area contributed by atoms with E-state index in [4.69, 9.17) is 21.1 Å². The van der Waals surface area contributed by atoms with Crippen LogP contribution in [0.4, 0.5) is 4.39 Å². The lowest BCUT2D eigenvalue weighted by Crippen LogP contribution is -2.02. The second-order valence-electron chi connectivity index (χ2n) is 4.59. The number of hydrogen-bond acceptors (Lipinski definition) is 2. The van der Waals surface area contributed by atoms with E-state index in [1.54, 1.807) is 38.5 Å². The second kappa shape index (κ2) is 6.67. The van der Waals surface area contributed by atoms with Crippen LogP contribution in [0.25, 0.3) is 0 Å². The van der Waals surface area contributed by atoms with Crippen molar-refractivity contribution in [3.05, 3.63) is 57.3 Å². The Hall–Kier alpha value is -1.26. The van der Waals surface area contributed by atoms with Crippen LogP contribution in [-0.4, -0.2) is 14.2 Å². The molecule has 2 rings (SSSR count). The molecule has 1 unspecified atom stereocenters. The van der Waals surface area contributed by atoms with Gasteiger partial charge in [0.05, 0.1) is 19.6 Å². The molecule has 0 aromatic heterocycles. The molecule has 0 aliphatic heterocycles. The average molecular weight is 374 g/mol. The highest BCUT2D eigenvalue weighted by atomic mass is 79.9. The molecule has 112 valence electrons. The van der Waals surface area contributed by atoms with Crippen molar-refractivity contribution in [1.82, 2.24) is 0 Å². The van der Waals surface area contributed by atoms with Crippen LogP contribution in [0.3, 0.4) is 0 Å². The summed E-state index contributed by atoms with van der Waals surface area (Å²) in [5.74, 6) is 0.828. The van der Waals surface area contributed by atoms with Crippen LogP contribution in [0.15, 0.2) is 34.8 Å². The third-order valence-electron chi connectivity index (χ3n) is 3.21.